The van der Waals surface area contributed by atoms with E-state index in [0.717, 1.165) is 4.68 Å². The quantitative estimate of drug-likeness (QED) is 0.665. The molecule has 0 amide bonds. The molecule has 0 spiro atoms. The minimum atomic E-state index is -0.728. The van der Waals surface area contributed by atoms with Crippen molar-refractivity contribution in [3.63, 3.8) is 0 Å². The van der Waals surface area contributed by atoms with E-state index in [9.17, 15) is 14.0 Å². The minimum absolute atomic E-state index is 0.0870. The highest BCUT2D eigenvalue weighted by atomic mass is 19.1. The van der Waals surface area contributed by atoms with Crippen molar-refractivity contribution in [3.8, 4) is 0 Å². The van der Waals surface area contributed by atoms with Gasteiger partial charge in [-0.25, -0.2) is 13.9 Å². The van der Waals surface area contributed by atoms with Crippen molar-refractivity contribution in [2.45, 2.75) is 13.0 Å². The van der Waals surface area contributed by atoms with Crippen LogP contribution in [0.15, 0.2) is 0 Å². The van der Waals surface area contributed by atoms with E-state index in [0.29, 0.717) is 0 Å². The SMILES string of the molecule is COC(=O)Cc1c(C(=O)OC)nnn1CCF. The summed E-state index contributed by atoms with van der Waals surface area (Å²) in [5.41, 5.74) is 0.0766. The van der Waals surface area contributed by atoms with Gasteiger partial charge in [0, 0.05) is 0 Å². The van der Waals surface area contributed by atoms with Crippen molar-refractivity contribution in [2.24, 2.45) is 0 Å². The Morgan fingerprint density at radius 3 is 2.59 bits per heavy atom. The van der Waals surface area contributed by atoms with Crippen LogP contribution in [-0.4, -0.2) is 47.8 Å². The number of halogens is 1. The third-order valence-corrected chi connectivity index (χ3v) is 2.05. The summed E-state index contributed by atoms with van der Waals surface area (Å²) >= 11 is 0. The normalized spacial score (nSPS) is 10.1. The second-order valence-corrected chi connectivity index (χ2v) is 3.04. The van der Waals surface area contributed by atoms with Crippen molar-refractivity contribution in [1.82, 2.24) is 15.0 Å². The smallest absolute Gasteiger partial charge is 0.360 e. The van der Waals surface area contributed by atoms with E-state index < -0.39 is 18.6 Å². The zero-order chi connectivity index (χ0) is 12.8. The molecule has 1 aromatic heterocycles. The monoisotopic (exact) mass is 245 g/mol. The zero-order valence-electron chi connectivity index (χ0n) is 9.47. The lowest BCUT2D eigenvalue weighted by molar-refractivity contribution is -0.139. The summed E-state index contributed by atoms with van der Waals surface area (Å²) in [4.78, 5) is 22.5. The van der Waals surface area contributed by atoms with E-state index in [1.807, 2.05) is 0 Å². The Balaban J connectivity index is 3.05. The van der Waals surface area contributed by atoms with Crippen LogP contribution in [0.4, 0.5) is 4.39 Å². The van der Waals surface area contributed by atoms with Gasteiger partial charge in [0.1, 0.15) is 6.67 Å². The van der Waals surface area contributed by atoms with Crippen LogP contribution in [0.2, 0.25) is 0 Å². The molecule has 1 aromatic rings. The predicted molar refractivity (Wildman–Crippen MR) is 53.1 cm³/mol. The molecule has 0 fully saturated rings. The fourth-order valence-corrected chi connectivity index (χ4v) is 1.23. The molecule has 1 heterocycles. The van der Waals surface area contributed by atoms with E-state index in [-0.39, 0.29) is 24.4 Å². The molecule has 0 unspecified atom stereocenters. The van der Waals surface area contributed by atoms with E-state index >= 15 is 0 Å². The third kappa shape index (κ3) is 2.99. The first-order valence-corrected chi connectivity index (χ1v) is 4.77. The van der Waals surface area contributed by atoms with Crippen LogP contribution in [0.1, 0.15) is 16.2 Å². The number of rotatable bonds is 5. The van der Waals surface area contributed by atoms with Gasteiger partial charge in [-0.2, -0.15) is 0 Å². The second-order valence-electron chi connectivity index (χ2n) is 3.04. The molecule has 17 heavy (non-hydrogen) atoms. The molecule has 7 nitrogen and oxygen atoms in total. The van der Waals surface area contributed by atoms with Gasteiger partial charge >= 0.3 is 11.9 Å². The van der Waals surface area contributed by atoms with Gasteiger partial charge in [0.2, 0.25) is 0 Å². The van der Waals surface area contributed by atoms with Crippen LogP contribution in [-0.2, 0) is 27.2 Å². The Labute approximate surface area is 96.5 Å². The highest BCUT2D eigenvalue weighted by Crippen LogP contribution is 2.09. The van der Waals surface area contributed by atoms with Crippen molar-refractivity contribution >= 4 is 11.9 Å². The van der Waals surface area contributed by atoms with Gasteiger partial charge in [-0.1, -0.05) is 5.21 Å². The molecule has 0 atom stereocenters. The van der Waals surface area contributed by atoms with Gasteiger partial charge in [0.15, 0.2) is 5.69 Å². The number of carbonyl (C=O) groups excluding carboxylic acids is 2. The molecule has 94 valence electrons. The molecule has 0 aromatic carbocycles. The van der Waals surface area contributed by atoms with Gasteiger partial charge in [-0.05, 0) is 0 Å². The maximum Gasteiger partial charge on any atom is 0.360 e. The van der Waals surface area contributed by atoms with E-state index in [1.165, 1.54) is 14.2 Å². The standard InChI is InChI=1S/C9H12FN3O4/c1-16-7(14)5-6-8(9(15)17-2)11-12-13(6)4-3-10/h3-5H2,1-2H3. The number of methoxy groups -OCH3 is 2. The first kappa shape index (κ1) is 13.1. The zero-order valence-corrected chi connectivity index (χ0v) is 9.47. The van der Waals surface area contributed by atoms with Gasteiger partial charge in [0.05, 0.1) is 32.9 Å². The molecule has 0 bridgehead atoms. The Morgan fingerprint density at radius 2 is 2.06 bits per heavy atom. The summed E-state index contributed by atoms with van der Waals surface area (Å²) in [5.74, 6) is -1.30. The molecule has 0 N–H and O–H groups in total. The molecular formula is C9H12FN3O4. The molecule has 0 aliphatic heterocycles. The topological polar surface area (TPSA) is 83.3 Å². The maximum atomic E-state index is 12.2. The fourth-order valence-electron chi connectivity index (χ4n) is 1.23. The summed E-state index contributed by atoms with van der Waals surface area (Å²) in [6, 6.07) is 0. The molecule has 0 aliphatic carbocycles. The van der Waals surface area contributed by atoms with E-state index in [4.69, 9.17) is 0 Å². The molecule has 1 rings (SSSR count). The summed E-state index contributed by atoms with van der Waals surface area (Å²) in [6.07, 6.45) is -0.214. The first-order chi connectivity index (χ1) is 8.13. The van der Waals surface area contributed by atoms with Crippen LogP contribution in [0.25, 0.3) is 0 Å². The van der Waals surface area contributed by atoms with Crippen molar-refractivity contribution in [1.29, 1.82) is 0 Å². The number of hydrogen-bond acceptors (Lipinski definition) is 6. The molecule has 0 saturated carbocycles. The Kier molecular flexibility index (Phi) is 4.56. The van der Waals surface area contributed by atoms with Crippen molar-refractivity contribution in [2.75, 3.05) is 20.9 Å². The second kappa shape index (κ2) is 5.92. The molecule has 0 radical (unpaired) electrons. The van der Waals surface area contributed by atoms with Crippen LogP contribution >= 0.6 is 0 Å². The maximum absolute atomic E-state index is 12.2. The number of alkyl halides is 1. The minimum Gasteiger partial charge on any atom is -0.469 e. The highest BCUT2D eigenvalue weighted by molar-refractivity contribution is 5.89. The van der Waals surface area contributed by atoms with Gasteiger partial charge in [-0.3, -0.25) is 4.79 Å². The Bertz CT molecular complexity index is 418. The van der Waals surface area contributed by atoms with Crippen LogP contribution < -0.4 is 0 Å². The van der Waals surface area contributed by atoms with Crippen LogP contribution in [0, 0.1) is 0 Å². The van der Waals surface area contributed by atoms with E-state index in [2.05, 4.69) is 19.8 Å². The average Bonchev–Trinajstić information content (AvgIpc) is 2.72. The third-order valence-electron chi connectivity index (χ3n) is 2.05. The Hall–Kier alpha value is -1.99. The lowest BCUT2D eigenvalue weighted by Crippen LogP contribution is -2.15. The lowest BCUT2D eigenvalue weighted by Gasteiger charge is -2.04. The molecular weight excluding hydrogens is 233 g/mol. The molecule has 8 heteroatoms. The largest absolute Gasteiger partial charge is 0.469 e. The predicted octanol–water partition coefficient (Wildman–Crippen LogP) is -0.250. The number of nitrogens with zero attached hydrogens (tertiary/aromatic N) is 3. The van der Waals surface area contributed by atoms with Gasteiger partial charge < -0.3 is 9.47 Å². The fraction of sp³-hybridized carbons (Fsp3) is 0.556. The van der Waals surface area contributed by atoms with Crippen molar-refractivity contribution in [3.05, 3.63) is 11.4 Å². The summed E-state index contributed by atoms with van der Waals surface area (Å²) in [5, 5.41) is 7.14. The number of aryl methyl sites for hydroxylation is 1. The number of carbonyl (C=O) groups is 2. The average molecular weight is 245 g/mol. The summed E-state index contributed by atoms with van der Waals surface area (Å²) in [7, 11) is 2.39. The number of hydrogen-bond donors (Lipinski definition) is 0. The number of ether oxygens (including phenoxy) is 2. The van der Waals surface area contributed by atoms with E-state index in [1.54, 1.807) is 0 Å². The van der Waals surface area contributed by atoms with Gasteiger partial charge in [0.25, 0.3) is 0 Å². The summed E-state index contributed by atoms with van der Waals surface area (Å²) < 4.78 is 22.3. The van der Waals surface area contributed by atoms with Gasteiger partial charge in [-0.15, -0.1) is 5.10 Å². The molecule has 0 aliphatic rings. The van der Waals surface area contributed by atoms with Crippen LogP contribution in [0.3, 0.4) is 0 Å². The first-order valence-electron chi connectivity index (χ1n) is 4.77. The highest BCUT2D eigenvalue weighted by Gasteiger charge is 2.22. The number of aromatic nitrogens is 3. The van der Waals surface area contributed by atoms with Crippen LogP contribution in [0.5, 0.6) is 0 Å². The molecule has 0 saturated heterocycles. The van der Waals surface area contributed by atoms with Crippen molar-refractivity contribution < 1.29 is 23.5 Å². The summed E-state index contributed by atoms with van der Waals surface area (Å²) in [6.45, 7) is -0.769. The Morgan fingerprint density at radius 1 is 1.35 bits per heavy atom. The lowest BCUT2D eigenvalue weighted by atomic mass is 10.2. The number of esters is 2.